The number of hydrogen-bond donors (Lipinski definition) is 4. The minimum Gasteiger partial charge on any atom is -0.395 e. The van der Waals surface area contributed by atoms with Crippen LogP contribution in [0.25, 0.3) is 11.0 Å². The van der Waals surface area contributed by atoms with Gasteiger partial charge in [-0.25, -0.2) is 15.0 Å². The number of fused-ring (bicyclic) bond motifs is 1. The molecule has 8 nitrogen and oxygen atoms in total. The summed E-state index contributed by atoms with van der Waals surface area (Å²) in [6.45, 7) is 3.39. The number of anilines is 3. The number of nitrogens with zero attached hydrogens (tertiary/aromatic N) is 4. The number of hydrogen-bond acceptors (Lipinski definition) is 8. The molecular formula is C15H23N7O. The normalized spacial score (nSPS) is 14.0. The zero-order chi connectivity index (χ0) is 16.2. The molecule has 0 aromatic carbocycles. The van der Waals surface area contributed by atoms with Crippen molar-refractivity contribution in [1.82, 2.24) is 19.9 Å². The second kappa shape index (κ2) is 6.91. The van der Waals surface area contributed by atoms with Gasteiger partial charge < -0.3 is 21.1 Å². The fraction of sp³-hybridized carbons (Fsp3) is 0.600. The summed E-state index contributed by atoms with van der Waals surface area (Å²) in [4.78, 5) is 18.1. The minimum atomic E-state index is 0.0252. The Morgan fingerprint density at radius 3 is 2.43 bits per heavy atom. The van der Waals surface area contributed by atoms with Gasteiger partial charge in [0.25, 0.3) is 0 Å². The van der Waals surface area contributed by atoms with E-state index in [4.69, 9.17) is 5.11 Å². The molecule has 8 heteroatoms. The van der Waals surface area contributed by atoms with Crippen molar-refractivity contribution in [3.05, 3.63) is 5.69 Å². The Morgan fingerprint density at radius 2 is 1.78 bits per heavy atom. The number of aliphatic hydroxyl groups is 1. The summed E-state index contributed by atoms with van der Waals surface area (Å²) in [5.74, 6) is 2.51. The van der Waals surface area contributed by atoms with Crippen molar-refractivity contribution in [2.45, 2.75) is 26.2 Å². The molecule has 0 amide bonds. The number of rotatable bonds is 8. The quantitative estimate of drug-likeness (QED) is 0.576. The van der Waals surface area contributed by atoms with E-state index in [-0.39, 0.29) is 6.61 Å². The first-order chi connectivity index (χ1) is 11.2. The lowest BCUT2D eigenvalue weighted by molar-refractivity contribution is 0.311. The average molecular weight is 317 g/mol. The molecule has 2 heterocycles. The van der Waals surface area contributed by atoms with Crippen LogP contribution in [0.15, 0.2) is 0 Å². The fourth-order valence-electron chi connectivity index (χ4n) is 2.38. The highest BCUT2D eigenvalue weighted by molar-refractivity contribution is 5.88. The zero-order valence-electron chi connectivity index (χ0n) is 13.6. The van der Waals surface area contributed by atoms with Crippen LogP contribution in [-0.2, 0) is 6.42 Å². The van der Waals surface area contributed by atoms with E-state index in [1.807, 2.05) is 7.05 Å². The Balaban J connectivity index is 2.00. The molecule has 23 heavy (non-hydrogen) atoms. The molecule has 4 N–H and O–H groups in total. The van der Waals surface area contributed by atoms with Crippen molar-refractivity contribution in [3.63, 3.8) is 0 Å². The molecule has 0 atom stereocenters. The smallest absolute Gasteiger partial charge is 0.225 e. The van der Waals surface area contributed by atoms with E-state index in [0.29, 0.717) is 29.8 Å². The van der Waals surface area contributed by atoms with Gasteiger partial charge in [0.1, 0.15) is 11.0 Å². The number of nitrogens with one attached hydrogen (secondary N) is 3. The molecule has 124 valence electrons. The topological polar surface area (TPSA) is 108 Å². The summed E-state index contributed by atoms with van der Waals surface area (Å²) in [5.41, 5.74) is 2.34. The van der Waals surface area contributed by atoms with Crippen LogP contribution in [0.4, 0.5) is 17.7 Å². The van der Waals surface area contributed by atoms with Gasteiger partial charge in [-0.2, -0.15) is 4.98 Å². The third kappa shape index (κ3) is 3.58. The maximum atomic E-state index is 8.95. The fourth-order valence-corrected chi connectivity index (χ4v) is 2.38. The van der Waals surface area contributed by atoms with E-state index in [1.165, 1.54) is 12.8 Å². The Morgan fingerprint density at radius 1 is 1.04 bits per heavy atom. The molecule has 0 saturated heterocycles. The van der Waals surface area contributed by atoms with Gasteiger partial charge >= 0.3 is 0 Å². The Bertz CT molecular complexity index is 687. The SMILES string of the molecule is CCc1nc(NCC2CC2)nc2c(NC)nc(NCCO)nc12. The van der Waals surface area contributed by atoms with Gasteiger partial charge in [0.15, 0.2) is 5.82 Å². The molecule has 0 radical (unpaired) electrons. The molecule has 0 aliphatic heterocycles. The number of aliphatic hydroxyl groups excluding tert-OH is 1. The van der Waals surface area contributed by atoms with Gasteiger partial charge in [0.2, 0.25) is 11.9 Å². The number of aryl methyl sites for hydroxylation is 1. The monoisotopic (exact) mass is 317 g/mol. The second-order valence-electron chi connectivity index (χ2n) is 5.67. The third-order valence-electron chi connectivity index (χ3n) is 3.83. The highest BCUT2D eigenvalue weighted by Crippen LogP contribution is 2.29. The summed E-state index contributed by atoms with van der Waals surface area (Å²) >= 11 is 0. The van der Waals surface area contributed by atoms with Gasteiger partial charge in [0, 0.05) is 20.1 Å². The molecular weight excluding hydrogens is 294 g/mol. The maximum Gasteiger partial charge on any atom is 0.225 e. The first-order valence-corrected chi connectivity index (χ1v) is 8.10. The summed E-state index contributed by atoms with van der Waals surface area (Å²) in [5, 5.41) is 18.3. The summed E-state index contributed by atoms with van der Waals surface area (Å²) < 4.78 is 0. The summed E-state index contributed by atoms with van der Waals surface area (Å²) in [6, 6.07) is 0. The van der Waals surface area contributed by atoms with E-state index >= 15 is 0 Å². The van der Waals surface area contributed by atoms with Crippen molar-refractivity contribution in [2.24, 2.45) is 5.92 Å². The number of aromatic nitrogens is 4. The van der Waals surface area contributed by atoms with Crippen LogP contribution in [0.2, 0.25) is 0 Å². The van der Waals surface area contributed by atoms with Crippen molar-refractivity contribution < 1.29 is 5.11 Å². The third-order valence-corrected chi connectivity index (χ3v) is 3.83. The van der Waals surface area contributed by atoms with Crippen LogP contribution in [0.1, 0.15) is 25.5 Å². The van der Waals surface area contributed by atoms with Crippen LogP contribution < -0.4 is 16.0 Å². The molecule has 1 saturated carbocycles. The van der Waals surface area contributed by atoms with Crippen LogP contribution in [0.3, 0.4) is 0 Å². The predicted molar refractivity (Wildman–Crippen MR) is 90.8 cm³/mol. The van der Waals surface area contributed by atoms with Crippen LogP contribution in [0.5, 0.6) is 0 Å². The second-order valence-corrected chi connectivity index (χ2v) is 5.67. The van der Waals surface area contributed by atoms with Crippen LogP contribution in [-0.4, -0.2) is 51.8 Å². The lowest BCUT2D eigenvalue weighted by Gasteiger charge is -2.12. The highest BCUT2D eigenvalue weighted by Gasteiger charge is 2.21. The summed E-state index contributed by atoms with van der Waals surface area (Å²) in [7, 11) is 1.81. The standard InChI is InChI=1S/C15H23N7O/c1-3-10-11-12(21-15(19-10)18-8-9-4-5-9)13(16-2)22-14(20-11)17-6-7-23/h9,23H,3-8H2,1-2H3,(H,18,19,21)(H2,16,17,20,22). The highest BCUT2D eigenvalue weighted by atomic mass is 16.3. The van der Waals surface area contributed by atoms with Gasteiger partial charge in [-0.15, -0.1) is 0 Å². The van der Waals surface area contributed by atoms with Crippen molar-refractivity contribution in [3.8, 4) is 0 Å². The van der Waals surface area contributed by atoms with Crippen LogP contribution in [0, 0.1) is 5.92 Å². The molecule has 0 bridgehead atoms. The largest absolute Gasteiger partial charge is 0.395 e. The van der Waals surface area contributed by atoms with Gasteiger partial charge in [-0.05, 0) is 25.2 Å². The average Bonchev–Trinajstić information content (AvgIpc) is 3.41. The molecule has 2 aromatic heterocycles. The Kier molecular flexibility index (Phi) is 4.71. The van der Waals surface area contributed by atoms with Crippen molar-refractivity contribution in [2.75, 3.05) is 42.7 Å². The first kappa shape index (κ1) is 15.7. The molecule has 3 rings (SSSR count). The first-order valence-electron chi connectivity index (χ1n) is 8.10. The van der Waals surface area contributed by atoms with Crippen LogP contribution >= 0.6 is 0 Å². The van der Waals surface area contributed by atoms with Gasteiger partial charge in [-0.3, -0.25) is 0 Å². The minimum absolute atomic E-state index is 0.0252. The van der Waals surface area contributed by atoms with Crippen molar-refractivity contribution >= 4 is 28.7 Å². The molecule has 2 aromatic rings. The Hall–Kier alpha value is -2.22. The Labute approximate surface area is 135 Å². The molecule has 1 aliphatic rings. The molecule has 1 aliphatic carbocycles. The van der Waals surface area contributed by atoms with E-state index in [2.05, 4.69) is 42.8 Å². The van der Waals surface area contributed by atoms with E-state index in [9.17, 15) is 0 Å². The van der Waals surface area contributed by atoms with E-state index < -0.39 is 0 Å². The molecule has 0 unspecified atom stereocenters. The lowest BCUT2D eigenvalue weighted by atomic mass is 10.2. The molecule has 1 fully saturated rings. The zero-order valence-corrected chi connectivity index (χ0v) is 13.6. The maximum absolute atomic E-state index is 8.95. The van der Waals surface area contributed by atoms with E-state index in [1.54, 1.807) is 0 Å². The summed E-state index contributed by atoms with van der Waals surface area (Å²) in [6.07, 6.45) is 3.33. The predicted octanol–water partition coefficient (Wildman–Crippen LogP) is 1.25. The van der Waals surface area contributed by atoms with Gasteiger partial charge in [-0.1, -0.05) is 6.92 Å². The van der Waals surface area contributed by atoms with Gasteiger partial charge in [0.05, 0.1) is 12.3 Å². The lowest BCUT2D eigenvalue weighted by Crippen LogP contribution is -2.13. The molecule has 0 spiro atoms. The van der Waals surface area contributed by atoms with Crippen molar-refractivity contribution in [1.29, 1.82) is 0 Å². The van der Waals surface area contributed by atoms with E-state index in [0.717, 1.165) is 30.1 Å².